The molecule has 0 unspecified atom stereocenters. The lowest BCUT2D eigenvalue weighted by molar-refractivity contribution is -0.118. The number of rotatable bonds is 9. The molecule has 0 atom stereocenters. The number of nitrogens with zero attached hydrogens (tertiary/aromatic N) is 4. The van der Waals surface area contributed by atoms with Gasteiger partial charge in [0.05, 0.1) is 5.75 Å². The van der Waals surface area contributed by atoms with Gasteiger partial charge in [-0.3, -0.25) is 14.3 Å². The average molecular weight is 412 g/mol. The molecule has 6 nitrogen and oxygen atoms in total. The molecule has 0 bridgehead atoms. The minimum Gasteiger partial charge on any atom is -0.355 e. The third-order valence-electron chi connectivity index (χ3n) is 4.28. The summed E-state index contributed by atoms with van der Waals surface area (Å²) in [5, 5.41) is 12.5. The van der Waals surface area contributed by atoms with Gasteiger partial charge in [-0.2, -0.15) is 0 Å². The summed E-state index contributed by atoms with van der Waals surface area (Å²) in [7, 11) is 0. The Morgan fingerprint density at radius 1 is 1.07 bits per heavy atom. The highest BCUT2D eigenvalue weighted by atomic mass is 32.2. The third kappa shape index (κ3) is 4.94. The lowest BCUT2D eigenvalue weighted by Gasteiger charge is -2.09. The summed E-state index contributed by atoms with van der Waals surface area (Å²) in [6.07, 6.45) is 5.78. The van der Waals surface area contributed by atoms with Gasteiger partial charge < -0.3 is 5.32 Å². The number of aromatic nitrogens is 4. The van der Waals surface area contributed by atoms with Gasteiger partial charge in [0.2, 0.25) is 5.91 Å². The zero-order chi connectivity index (χ0) is 19.2. The van der Waals surface area contributed by atoms with Crippen molar-refractivity contribution in [2.75, 3.05) is 18.1 Å². The Balaban J connectivity index is 1.29. The molecule has 1 aromatic carbocycles. The second-order valence-electron chi connectivity index (χ2n) is 6.44. The number of thioether (sulfide) groups is 2. The van der Waals surface area contributed by atoms with Crippen molar-refractivity contribution in [2.24, 2.45) is 0 Å². The molecule has 144 valence electrons. The summed E-state index contributed by atoms with van der Waals surface area (Å²) >= 11 is 3.19. The predicted octanol–water partition coefficient (Wildman–Crippen LogP) is 3.68. The molecule has 8 heteroatoms. The molecule has 1 aliphatic carbocycles. The Labute approximate surface area is 172 Å². The fourth-order valence-electron chi connectivity index (χ4n) is 2.79. The summed E-state index contributed by atoms with van der Waals surface area (Å²) in [5.41, 5.74) is 1.00. The van der Waals surface area contributed by atoms with Gasteiger partial charge in [-0.1, -0.05) is 30.0 Å². The van der Waals surface area contributed by atoms with Crippen LogP contribution in [-0.4, -0.2) is 43.7 Å². The van der Waals surface area contributed by atoms with Crippen molar-refractivity contribution >= 4 is 29.4 Å². The van der Waals surface area contributed by atoms with E-state index >= 15 is 0 Å². The van der Waals surface area contributed by atoms with E-state index in [1.54, 1.807) is 24.2 Å². The number of carbonyl (C=O) groups is 1. The maximum Gasteiger partial charge on any atom is 0.230 e. The maximum absolute atomic E-state index is 12.2. The summed E-state index contributed by atoms with van der Waals surface area (Å²) in [6.45, 7) is 0.649. The van der Waals surface area contributed by atoms with Crippen LogP contribution in [0.4, 0.5) is 0 Å². The van der Waals surface area contributed by atoms with Crippen LogP contribution in [-0.2, 0) is 4.79 Å². The van der Waals surface area contributed by atoms with E-state index in [9.17, 15) is 4.79 Å². The van der Waals surface area contributed by atoms with Crippen LogP contribution in [0.2, 0.25) is 0 Å². The Morgan fingerprint density at radius 2 is 1.86 bits per heavy atom. The second kappa shape index (κ2) is 9.25. The highest BCUT2D eigenvalue weighted by molar-refractivity contribution is 7.99. The van der Waals surface area contributed by atoms with Crippen molar-refractivity contribution in [3.05, 3.63) is 54.9 Å². The zero-order valence-corrected chi connectivity index (χ0v) is 17.0. The monoisotopic (exact) mass is 411 g/mol. The molecule has 4 rings (SSSR count). The fraction of sp³-hybridized carbons (Fsp3) is 0.300. The molecule has 28 heavy (non-hydrogen) atoms. The van der Waals surface area contributed by atoms with E-state index in [1.165, 1.54) is 16.7 Å². The summed E-state index contributed by atoms with van der Waals surface area (Å²) in [4.78, 5) is 17.5. The van der Waals surface area contributed by atoms with Crippen LogP contribution in [0.5, 0.6) is 0 Å². The Kier molecular flexibility index (Phi) is 6.28. The number of amides is 1. The number of nitrogens with one attached hydrogen (secondary N) is 1. The van der Waals surface area contributed by atoms with Crippen molar-refractivity contribution in [1.29, 1.82) is 0 Å². The van der Waals surface area contributed by atoms with E-state index in [0.29, 0.717) is 18.3 Å². The average Bonchev–Trinajstić information content (AvgIpc) is 3.50. The Hall–Kier alpha value is -2.32. The first-order chi connectivity index (χ1) is 13.8. The molecule has 0 spiro atoms. The van der Waals surface area contributed by atoms with Crippen LogP contribution < -0.4 is 5.32 Å². The van der Waals surface area contributed by atoms with Crippen LogP contribution in [0.25, 0.3) is 11.4 Å². The fourth-order valence-corrected chi connectivity index (χ4v) is 4.42. The topological polar surface area (TPSA) is 72.7 Å². The van der Waals surface area contributed by atoms with Crippen molar-refractivity contribution in [1.82, 2.24) is 25.1 Å². The standard InChI is InChI=1S/C20H21N5OS2/c26-18(22-12-13-27-17-4-2-1-3-5-17)14-28-20-24-23-19(25(20)16-6-7-16)15-8-10-21-11-9-15/h1-5,8-11,16H,6-7,12-14H2,(H,22,26). The smallest absolute Gasteiger partial charge is 0.230 e. The minimum absolute atomic E-state index is 0.0227. The first-order valence-electron chi connectivity index (χ1n) is 9.24. The van der Waals surface area contributed by atoms with Crippen molar-refractivity contribution in [2.45, 2.75) is 28.9 Å². The predicted molar refractivity (Wildman–Crippen MR) is 112 cm³/mol. The first-order valence-corrected chi connectivity index (χ1v) is 11.2. The normalized spacial score (nSPS) is 13.4. The molecule has 1 aliphatic rings. The molecule has 0 saturated heterocycles. The van der Waals surface area contributed by atoms with Gasteiger partial charge in [-0.25, -0.2) is 0 Å². The second-order valence-corrected chi connectivity index (χ2v) is 8.55. The van der Waals surface area contributed by atoms with E-state index in [1.807, 2.05) is 30.3 Å². The summed E-state index contributed by atoms with van der Waals surface area (Å²) < 4.78 is 2.17. The van der Waals surface area contributed by atoms with Gasteiger partial charge in [0, 0.05) is 41.2 Å². The highest BCUT2D eigenvalue weighted by Gasteiger charge is 2.30. The number of hydrogen-bond acceptors (Lipinski definition) is 6. The highest BCUT2D eigenvalue weighted by Crippen LogP contribution is 2.40. The number of carbonyl (C=O) groups excluding carboxylic acids is 1. The van der Waals surface area contributed by atoms with Gasteiger partial charge in [0.1, 0.15) is 0 Å². The maximum atomic E-state index is 12.2. The zero-order valence-electron chi connectivity index (χ0n) is 15.3. The van der Waals surface area contributed by atoms with Crippen molar-refractivity contribution in [3.63, 3.8) is 0 Å². The number of benzene rings is 1. The molecular formula is C20H21N5OS2. The van der Waals surface area contributed by atoms with Gasteiger partial charge in [-0.15, -0.1) is 22.0 Å². The Bertz CT molecular complexity index is 913. The van der Waals surface area contributed by atoms with E-state index < -0.39 is 0 Å². The van der Waals surface area contributed by atoms with E-state index in [2.05, 4.69) is 37.2 Å². The lowest BCUT2D eigenvalue weighted by Crippen LogP contribution is -2.27. The van der Waals surface area contributed by atoms with Crippen LogP contribution >= 0.6 is 23.5 Å². The Morgan fingerprint density at radius 3 is 2.61 bits per heavy atom. The van der Waals surface area contributed by atoms with Gasteiger partial charge in [-0.05, 0) is 37.1 Å². The van der Waals surface area contributed by atoms with Gasteiger partial charge in [0.25, 0.3) is 0 Å². The largest absolute Gasteiger partial charge is 0.355 e. The molecule has 1 amide bonds. The van der Waals surface area contributed by atoms with Crippen molar-refractivity contribution < 1.29 is 4.79 Å². The molecule has 0 radical (unpaired) electrons. The molecule has 1 fully saturated rings. The van der Waals surface area contributed by atoms with E-state index in [0.717, 1.165) is 35.1 Å². The van der Waals surface area contributed by atoms with Gasteiger partial charge >= 0.3 is 0 Å². The number of pyridine rings is 1. The van der Waals surface area contributed by atoms with Crippen molar-refractivity contribution in [3.8, 4) is 11.4 Å². The molecule has 3 aromatic rings. The SMILES string of the molecule is O=C(CSc1nnc(-c2ccncc2)n1C1CC1)NCCSc1ccccc1. The molecule has 0 aliphatic heterocycles. The molecule has 1 saturated carbocycles. The summed E-state index contributed by atoms with van der Waals surface area (Å²) in [5.74, 6) is 2.07. The quantitative estimate of drug-likeness (QED) is 0.428. The van der Waals surface area contributed by atoms with E-state index in [-0.39, 0.29) is 5.91 Å². The third-order valence-corrected chi connectivity index (χ3v) is 6.24. The minimum atomic E-state index is 0.0227. The van der Waals surface area contributed by atoms with Crippen LogP contribution in [0, 0.1) is 0 Å². The molecule has 2 heterocycles. The van der Waals surface area contributed by atoms with Crippen LogP contribution in [0.1, 0.15) is 18.9 Å². The summed E-state index contributed by atoms with van der Waals surface area (Å²) in [6, 6.07) is 14.5. The lowest BCUT2D eigenvalue weighted by atomic mass is 10.2. The molecular weight excluding hydrogens is 390 g/mol. The number of hydrogen-bond donors (Lipinski definition) is 1. The van der Waals surface area contributed by atoms with Gasteiger partial charge in [0.15, 0.2) is 11.0 Å². The van der Waals surface area contributed by atoms with E-state index in [4.69, 9.17) is 0 Å². The first kappa shape index (κ1) is 19.0. The van der Waals surface area contributed by atoms with Crippen LogP contribution in [0.15, 0.2) is 64.9 Å². The van der Waals surface area contributed by atoms with Crippen LogP contribution in [0.3, 0.4) is 0 Å². The molecule has 2 aromatic heterocycles. The molecule has 1 N–H and O–H groups in total.